The van der Waals surface area contributed by atoms with Crippen molar-refractivity contribution in [1.29, 1.82) is 0 Å². The van der Waals surface area contributed by atoms with Crippen molar-refractivity contribution in [3.05, 3.63) is 89.2 Å². The second-order valence-electron chi connectivity index (χ2n) is 7.20. The molecule has 162 valence electrons. The summed E-state index contributed by atoms with van der Waals surface area (Å²) in [6.45, 7) is 0.110. The maximum Gasteiger partial charge on any atom is 0.411 e. The SMILES string of the molecule is COc1ccc(/C=C(\F)C(=O)O)c(NC(=O)OCC2c3ccccc3-c3ccccc32)c1. The van der Waals surface area contributed by atoms with Crippen LogP contribution < -0.4 is 10.1 Å². The molecule has 32 heavy (non-hydrogen) atoms. The molecule has 0 unspecified atom stereocenters. The summed E-state index contributed by atoms with van der Waals surface area (Å²) in [7, 11) is 1.44. The summed E-state index contributed by atoms with van der Waals surface area (Å²) in [4.78, 5) is 23.4. The average Bonchev–Trinajstić information content (AvgIpc) is 3.12. The fourth-order valence-electron chi connectivity index (χ4n) is 3.84. The summed E-state index contributed by atoms with van der Waals surface area (Å²) in [6, 6.07) is 20.4. The molecule has 0 fully saturated rings. The van der Waals surface area contributed by atoms with Gasteiger partial charge in [0.2, 0.25) is 5.83 Å². The van der Waals surface area contributed by atoms with E-state index in [0.29, 0.717) is 5.75 Å². The molecule has 6 nitrogen and oxygen atoms in total. The van der Waals surface area contributed by atoms with Crippen LogP contribution in [-0.4, -0.2) is 30.9 Å². The Bertz CT molecular complexity index is 1170. The van der Waals surface area contributed by atoms with Gasteiger partial charge in [-0.1, -0.05) is 48.5 Å². The molecule has 2 N–H and O–H groups in total. The number of halogens is 1. The van der Waals surface area contributed by atoms with Crippen LogP contribution in [0.15, 0.2) is 72.6 Å². The molecular weight excluding hydrogens is 413 g/mol. The van der Waals surface area contributed by atoms with E-state index in [1.54, 1.807) is 0 Å². The first-order valence-corrected chi connectivity index (χ1v) is 9.88. The third kappa shape index (κ3) is 4.18. The van der Waals surface area contributed by atoms with Gasteiger partial charge in [-0.3, -0.25) is 5.32 Å². The lowest BCUT2D eigenvalue weighted by atomic mass is 9.98. The highest BCUT2D eigenvalue weighted by Gasteiger charge is 2.29. The quantitative estimate of drug-likeness (QED) is 0.505. The van der Waals surface area contributed by atoms with Crippen molar-refractivity contribution in [2.75, 3.05) is 19.0 Å². The number of carbonyl (C=O) groups excluding carboxylic acids is 1. The molecule has 0 aliphatic heterocycles. The van der Waals surface area contributed by atoms with Crippen LogP contribution in [-0.2, 0) is 9.53 Å². The minimum absolute atomic E-state index is 0.109. The third-order valence-corrected chi connectivity index (χ3v) is 5.33. The van der Waals surface area contributed by atoms with E-state index in [-0.39, 0.29) is 23.8 Å². The van der Waals surface area contributed by atoms with Crippen LogP contribution in [0, 0.1) is 0 Å². The zero-order chi connectivity index (χ0) is 22.7. The van der Waals surface area contributed by atoms with Gasteiger partial charge in [0.15, 0.2) is 0 Å². The van der Waals surface area contributed by atoms with Gasteiger partial charge in [-0.2, -0.15) is 4.39 Å². The van der Waals surface area contributed by atoms with Crippen LogP contribution in [0.5, 0.6) is 5.75 Å². The number of carbonyl (C=O) groups is 2. The molecule has 0 aromatic heterocycles. The maximum atomic E-state index is 13.6. The monoisotopic (exact) mass is 433 g/mol. The Kier molecular flexibility index (Phi) is 5.89. The Morgan fingerprint density at radius 3 is 2.25 bits per heavy atom. The molecule has 0 radical (unpaired) electrons. The first-order valence-electron chi connectivity index (χ1n) is 9.88. The molecule has 0 saturated carbocycles. The molecule has 7 heteroatoms. The number of carboxylic acids is 1. The molecule has 0 heterocycles. The van der Waals surface area contributed by atoms with Gasteiger partial charge in [-0.05, 0) is 40.5 Å². The number of methoxy groups -OCH3 is 1. The maximum absolute atomic E-state index is 13.6. The van der Waals surface area contributed by atoms with E-state index in [2.05, 4.69) is 5.32 Å². The number of benzene rings is 3. The minimum Gasteiger partial charge on any atom is -0.497 e. The summed E-state index contributed by atoms with van der Waals surface area (Å²) in [5.74, 6) is -2.76. The highest BCUT2D eigenvalue weighted by Crippen LogP contribution is 2.44. The molecule has 0 atom stereocenters. The Hall–Kier alpha value is -4.13. The summed E-state index contributed by atoms with van der Waals surface area (Å²) in [5, 5.41) is 11.4. The number of hydrogen-bond acceptors (Lipinski definition) is 4. The molecule has 0 spiro atoms. The fraction of sp³-hybridized carbons (Fsp3) is 0.120. The summed E-state index contributed by atoms with van der Waals surface area (Å²) < 4.78 is 24.3. The van der Waals surface area contributed by atoms with Crippen molar-refractivity contribution in [1.82, 2.24) is 0 Å². The van der Waals surface area contributed by atoms with Gasteiger partial charge >= 0.3 is 12.1 Å². The van der Waals surface area contributed by atoms with Crippen molar-refractivity contribution in [2.24, 2.45) is 0 Å². The molecule has 1 amide bonds. The number of amides is 1. The van der Waals surface area contributed by atoms with Gasteiger partial charge < -0.3 is 14.6 Å². The van der Waals surface area contributed by atoms with Crippen LogP contribution in [0.1, 0.15) is 22.6 Å². The molecule has 0 bridgehead atoms. The van der Waals surface area contributed by atoms with E-state index in [1.807, 2.05) is 48.5 Å². The van der Waals surface area contributed by atoms with Gasteiger partial charge in [-0.15, -0.1) is 0 Å². The number of nitrogens with one attached hydrogen (secondary N) is 1. The molecular formula is C25H20FNO5. The predicted molar refractivity (Wildman–Crippen MR) is 118 cm³/mol. The third-order valence-electron chi connectivity index (χ3n) is 5.33. The number of ether oxygens (including phenoxy) is 2. The lowest BCUT2D eigenvalue weighted by Crippen LogP contribution is -2.18. The van der Waals surface area contributed by atoms with Gasteiger partial charge in [0.05, 0.1) is 12.8 Å². The van der Waals surface area contributed by atoms with Gasteiger partial charge in [0.25, 0.3) is 0 Å². The van der Waals surface area contributed by atoms with Crippen LogP contribution in [0.2, 0.25) is 0 Å². The van der Waals surface area contributed by atoms with Crippen molar-refractivity contribution < 1.29 is 28.6 Å². The van der Waals surface area contributed by atoms with E-state index in [9.17, 15) is 14.0 Å². The Balaban J connectivity index is 1.53. The van der Waals surface area contributed by atoms with E-state index in [4.69, 9.17) is 14.6 Å². The van der Waals surface area contributed by atoms with Gasteiger partial charge in [-0.25, -0.2) is 9.59 Å². The highest BCUT2D eigenvalue weighted by molar-refractivity contribution is 5.93. The van der Waals surface area contributed by atoms with Crippen LogP contribution in [0.4, 0.5) is 14.9 Å². The van der Waals surface area contributed by atoms with Crippen LogP contribution in [0.25, 0.3) is 17.2 Å². The average molecular weight is 433 g/mol. The fourth-order valence-corrected chi connectivity index (χ4v) is 3.84. The number of carboxylic acid groups (broad SMARTS) is 1. The standard InChI is InChI=1S/C25H20FNO5/c1-31-16-11-10-15(12-22(26)24(28)29)23(13-16)27-25(30)32-14-21-19-8-4-2-6-17(19)18-7-3-5-9-20(18)21/h2-13,21H,14H2,1H3,(H,27,30)(H,28,29)/b22-12-. The normalized spacial score (nSPS) is 12.6. The van der Waals surface area contributed by atoms with E-state index in [0.717, 1.165) is 28.3 Å². The molecule has 4 rings (SSSR count). The predicted octanol–water partition coefficient (Wildman–Crippen LogP) is 5.45. The number of fused-ring (bicyclic) bond motifs is 3. The smallest absolute Gasteiger partial charge is 0.411 e. The van der Waals surface area contributed by atoms with Gasteiger partial charge in [0.1, 0.15) is 12.4 Å². The molecule has 1 aliphatic carbocycles. The van der Waals surface area contributed by atoms with E-state index >= 15 is 0 Å². The van der Waals surface area contributed by atoms with Crippen molar-refractivity contribution in [3.63, 3.8) is 0 Å². The van der Waals surface area contributed by atoms with Crippen LogP contribution in [0.3, 0.4) is 0 Å². The molecule has 0 saturated heterocycles. The number of hydrogen-bond donors (Lipinski definition) is 2. The van der Waals surface area contributed by atoms with Crippen LogP contribution >= 0.6 is 0 Å². The Morgan fingerprint density at radius 2 is 1.66 bits per heavy atom. The lowest BCUT2D eigenvalue weighted by Gasteiger charge is -2.15. The first kappa shape index (κ1) is 21.1. The van der Waals surface area contributed by atoms with Crippen molar-refractivity contribution in [3.8, 4) is 16.9 Å². The second kappa shape index (κ2) is 8.93. The topological polar surface area (TPSA) is 84.9 Å². The summed E-state index contributed by atoms with van der Waals surface area (Å²) in [6.07, 6.45) is 0.0754. The van der Waals surface area contributed by atoms with E-state index in [1.165, 1.54) is 25.3 Å². The lowest BCUT2D eigenvalue weighted by molar-refractivity contribution is -0.134. The second-order valence-corrected chi connectivity index (χ2v) is 7.20. The Labute approximate surface area is 183 Å². The summed E-state index contributed by atoms with van der Waals surface area (Å²) in [5.41, 5.74) is 4.71. The number of anilines is 1. The molecule has 3 aromatic rings. The zero-order valence-corrected chi connectivity index (χ0v) is 17.2. The van der Waals surface area contributed by atoms with Crippen molar-refractivity contribution >= 4 is 23.8 Å². The number of rotatable bonds is 6. The molecule has 3 aromatic carbocycles. The minimum atomic E-state index is -1.70. The zero-order valence-electron chi connectivity index (χ0n) is 17.2. The van der Waals surface area contributed by atoms with E-state index < -0.39 is 17.9 Å². The summed E-state index contributed by atoms with van der Waals surface area (Å²) >= 11 is 0. The number of aliphatic carboxylic acids is 1. The van der Waals surface area contributed by atoms with Gasteiger partial charge in [0, 0.05) is 17.5 Å². The highest BCUT2D eigenvalue weighted by atomic mass is 19.1. The largest absolute Gasteiger partial charge is 0.497 e. The van der Waals surface area contributed by atoms with Crippen molar-refractivity contribution in [2.45, 2.75) is 5.92 Å². The molecule has 1 aliphatic rings. The first-order chi connectivity index (χ1) is 15.5. The Morgan fingerprint density at radius 1 is 1.03 bits per heavy atom.